The number of pyridine rings is 1. The highest BCUT2D eigenvalue weighted by Gasteiger charge is 2.43. The van der Waals surface area contributed by atoms with Crippen molar-refractivity contribution in [3.8, 4) is 11.8 Å². The van der Waals surface area contributed by atoms with Gasteiger partial charge in [-0.25, -0.2) is 4.98 Å². The number of aromatic nitrogens is 1. The molecule has 0 spiro atoms. The predicted octanol–water partition coefficient (Wildman–Crippen LogP) is 3.08. The number of rotatable bonds is 3. The highest BCUT2D eigenvalue weighted by atomic mass is 16.5. The van der Waals surface area contributed by atoms with E-state index in [4.69, 9.17) is 15.0 Å². The average Bonchev–Trinajstić information content (AvgIpc) is 3.18. The van der Waals surface area contributed by atoms with Crippen LogP contribution in [0.3, 0.4) is 0 Å². The van der Waals surface area contributed by atoms with Crippen molar-refractivity contribution in [2.45, 2.75) is 57.3 Å². The van der Waals surface area contributed by atoms with Crippen LogP contribution >= 0.6 is 0 Å². The summed E-state index contributed by atoms with van der Waals surface area (Å²) in [6.45, 7) is 2.56. The summed E-state index contributed by atoms with van der Waals surface area (Å²) >= 11 is 0. The molecule has 0 radical (unpaired) electrons. The number of carbonyl (C=O) groups is 1. The zero-order valence-electron chi connectivity index (χ0n) is 15.8. The Labute approximate surface area is 164 Å². The molecule has 1 amide bonds. The number of carbonyl (C=O) groups excluding carboxylic acids is 1. The van der Waals surface area contributed by atoms with Gasteiger partial charge in [0.2, 0.25) is 0 Å². The zero-order chi connectivity index (χ0) is 19.3. The van der Waals surface area contributed by atoms with Gasteiger partial charge >= 0.3 is 0 Å². The number of fused-ring (bicyclic) bond motifs is 3. The second-order valence-electron chi connectivity index (χ2n) is 7.95. The Balaban J connectivity index is 1.37. The van der Waals surface area contributed by atoms with Gasteiger partial charge in [0, 0.05) is 24.9 Å². The van der Waals surface area contributed by atoms with E-state index in [0.717, 1.165) is 48.5 Å². The molecule has 3 aliphatic rings. The Morgan fingerprint density at radius 1 is 1.25 bits per heavy atom. The van der Waals surface area contributed by atoms with E-state index in [9.17, 15) is 4.79 Å². The Morgan fingerprint density at radius 3 is 2.79 bits per heavy atom. The number of nitrogens with one attached hydrogen (secondary N) is 1. The third-order valence-corrected chi connectivity index (χ3v) is 6.13. The molecule has 28 heavy (non-hydrogen) atoms. The minimum atomic E-state index is -0.0215. The highest BCUT2D eigenvalue weighted by Crippen LogP contribution is 2.41. The van der Waals surface area contributed by atoms with Crippen LogP contribution < -0.4 is 15.0 Å². The van der Waals surface area contributed by atoms with Crippen LogP contribution in [0.2, 0.25) is 0 Å². The van der Waals surface area contributed by atoms with E-state index in [-0.39, 0.29) is 12.0 Å². The molecule has 2 fully saturated rings. The van der Waals surface area contributed by atoms with E-state index >= 15 is 0 Å². The van der Waals surface area contributed by atoms with E-state index < -0.39 is 0 Å². The van der Waals surface area contributed by atoms with Crippen LogP contribution in [0.1, 0.15) is 52.9 Å². The van der Waals surface area contributed by atoms with Crippen LogP contribution in [0.25, 0.3) is 0 Å². The van der Waals surface area contributed by atoms with Gasteiger partial charge in [-0.05, 0) is 49.6 Å². The molecule has 6 heteroatoms. The van der Waals surface area contributed by atoms with Crippen LogP contribution in [-0.4, -0.2) is 29.1 Å². The summed E-state index contributed by atoms with van der Waals surface area (Å²) in [5.41, 5.74) is 3.26. The standard InChI is InChI=1S/C22H22N4O2/c1-13-7-19-20(12-24-22(19)27)25-21(13)26-15-5-6-16(26)10-18(9-15)28-17-4-2-3-14(8-17)11-23/h2-4,7-8,15-16,18H,5-6,9-10,12H2,1H3,(H,24,27)/t15-,16+,18+. The summed E-state index contributed by atoms with van der Waals surface area (Å²) in [6, 6.07) is 12.3. The molecule has 0 aliphatic carbocycles. The molecular weight excluding hydrogens is 352 g/mol. The molecule has 142 valence electrons. The molecule has 5 rings (SSSR count). The first-order chi connectivity index (χ1) is 13.6. The Kier molecular flexibility index (Phi) is 3.97. The van der Waals surface area contributed by atoms with Crippen LogP contribution in [0.15, 0.2) is 30.3 Å². The molecule has 4 heterocycles. The molecule has 0 saturated carbocycles. The maximum atomic E-state index is 11.9. The van der Waals surface area contributed by atoms with Gasteiger partial charge in [-0.2, -0.15) is 5.26 Å². The maximum Gasteiger partial charge on any atom is 0.253 e. The van der Waals surface area contributed by atoms with Crippen molar-refractivity contribution in [1.82, 2.24) is 10.3 Å². The number of anilines is 1. The lowest BCUT2D eigenvalue weighted by molar-refractivity contribution is 0.0965. The second kappa shape index (κ2) is 6.52. The average molecular weight is 374 g/mol. The molecule has 2 bridgehead atoms. The van der Waals surface area contributed by atoms with E-state index in [1.807, 2.05) is 31.2 Å². The van der Waals surface area contributed by atoms with Gasteiger partial charge in [0.25, 0.3) is 5.91 Å². The van der Waals surface area contributed by atoms with Crippen molar-refractivity contribution >= 4 is 11.7 Å². The summed E-state index contributed by atoms with van der Waals surface area (Å²) in [4.78, 5) is 19.2. The van der Waals surface area contributed by atoms with Crippen molar-refractivity contribution in [2.75, 3.05) is 4.90 Å². The van der Waals surface area contributed by atoms with Gasteiger partial charge in [-0.15, -0.1) is 0 Å². The lowest BCUT2D eigenvalue weighted by Crippen LogP contribution is -2.47. The van der Waals surface area contributed by atoms with Crippen molar-refractivity contribution in [2.24, 2.45) is 0 Å². The monoisotopic (exact) mass is 374 g/mol. The number of aryl methyl sites for hydroxylation is 1. The molecule has 1 N–H and O–H groups in total. The third-order valence-electron chi connectivity index (χ3n) is 6.13. The van der Waals surface area contributed by atoms with Crippen molar-refractivity contribution in [1.29, 1.82) is 5.26 Å². The normalized spacial score (nSPS) is 25.2. The molecule has 6 nitrogen and oxygen atoms in total. The topological polar surface area (TPSA) is 78.2 Å². The number of nitriles is 1. The summed E-state index contributed by atoms with van der Waals surface area (Å²) in [5, 5.41) is 11.9. The first-order valence-electron chi connectivity index (χ1n) is 9.86. The molecule has 3 atom stereocenters. The van der Waals surface area contributed by atoms with Gasteiger partial charge in [0.05, 0.1) is 29.4 Å². The minimum absolute atomic E-state index is 0.0215. The fourth-order valence-corrected chi connectivity index (χ4v) is 4.89. The van der Waals surface area contributed by atoms with Gasteiger partial charge in [-0.3, -0.25) is 4.79 Å². The summed E-state index contributed by atoms with van der Waals surface area (Å²) in [7, 11) is 0. The van der Waals surface area contributed by atoms with Crippen LogP contribution in [-0.2, 0) is 6.54 Å². The van der Waals surface area contributed by atoms with Gasteiger partial charge in [-0.1, -0.05) is 6.07 Å². The highest BCUT2D eigenvalue weighted by molar-refractivity contribution is 5.98. The quantitative estimate of drug-likeness (QED) is 0.893. The Morgan fingerprint density at radius 2 is 2.04 bits per heavy atom. The number of piperidine rings is 1. The summed E-state index contributed by atoms with van der Waals surface area (Å²) < 4.78 is 6.23. The molecule has 1 aromatic carbocycles. The summed E-state index contributed by atoms with van der Waals surface area (Å²) in [6.07, 6.45) is 4.32. The van der Waals surface area contributed by atoms with Crippen LogP contribution in [0.5, 0.6) is 5.75 Å². The predicted molar refractivity (Wildman–Crippen MR) is 104 cm³/mol. The van der Waals surface area contributed by atoms with E-state index in [1.165, 1.54) is 0 Å². The van der Waals surface area contributed by atoms with E-state index in [1.54, 1.807) is 6.07 Å². The maximum absolute atomic E-state index is 11.9. The molecule has 2 aromatic rings. The first kappa shape index (κ1) is 17.1. The fourth-order valence-electron chi connectivity index (χ4n) is 4.89. The SMILES string of the molecule is Cc1cc2c(nc1N1[C@@H]3CC[C@H]1C[C@@H](Oc1cccc(C#N)c1)C3)CNC2=O. The van der Waals surface area contributed by atoms with Crippen molar-refractivity contribution < 1.29 is 9.53 Å². The van der Waals surface area contributed by atoms with E-state index in [0.29, 0.717) is 29.8 Å². The molecule has 3 aliphatic heterocycles. The van der Waals surface area contributed by atoms with Crippen LogP contribution in [0, 0.1) is 18.3 Å². The first-order valence-corrected chi connectivity index (χ1v) is 9.86. The molecule has 0 unspecified atom stereocenters. The molecule has 1 aromatic heterocycles. The van der Waals surface area contributed by atoms with Crippen molar-refractivity contribution in [3.05, 3.63) is 52.7 Å². The number of hydrogen-bond acceptors (Lipinski definition) is 5. The number of ether oxygens (including phenoxy) is 1. The van der Waals surface area contributed by atoms with E-state index in [2.05, 4.69) is 16.3 Å². The lowest BCUT2D eigenvalue weighted by atomic mass is 9.98. The van der Waals surface area contributed by atoms with Crippen LogP contribution in [0.4, 0.5) is 5.82 Å². The largest absolute Gasteiger partial charge is 0.490 e. The second-order valence-corrected chi connectivity index (χ2v) is 7.95. The smallest absolute Gasteiger partial charge is 0.253 e. The fraction of sp³-hybridized carbons (Fsp3) is 0.409. The lowest BCUT2D eigenvalue weighted by Gasteiger charge is -2.40. The number of hydrogen-bond donors (Lipinski definition) is 1. The minimum Gasteiger partial charge on any atom is -0.490 e. The Hall–Kier alpha value is -3.07. The van der Waals surface area contributed by atoms with Crippen molar-refractivity contribution in [3.63, 3.8) is 0 Å². The molecular formula is C22H22N4O2. The number of nitrogens with zero attached hydrogens (tertiary/aromatic N) is 3. The third kappa shape index (κ3) is 2.78. The Bertz CT molecular complexity index is 983. The number of amides is 1. The molecule has 2 saturated heterocycles. The number of benzene rings is 1. The van der Waals surface area contributed by atoms with Gasteiger partial charge in [0.15, 0.2) is 0 Å². The van der Waals surface area contributed by atoms with Gasteiger partial charge in [0.1, 0.15) is 17.7 Å². The van der Waals surface area contributed by atoms with Gasteiger partial charge < -0.3 is 15.0 Å². The zero-order valence-corrected chi connectivity index (χ0v) is 15.8. The summed E-state index contributed by atoms with van der Waals surface area (Å²) in [5.74, 6) is 1.77.